The number of carbonyl (C=O) groups is 1. The minimum absolute atomic E-state index is 0.669. The summed E-state index contributed by atoms with van der Waals surface area (Å²) in [5, 5.41) is 12.3. The molecule has 1 aliphatic rings. The normalized spacial score (nSPS) is 22.1. The highest BCUT2D eigenvalue weighted by Gasteiger charge is 2.44. The minimum atomic E-state index is -0.828. The van der Waals surface area contributed by atoms with E-state index >= 15 is 0 Å². The van der Waals surface area contributed by atoms with Crippen LogP contribution in [0.3, 0.4) is 0 Å². The molecule has 3 rings (SSSR count). The Kier molecular flexibility index (Phi) is 3.22. The van der Waals surface area contributed by atoms with Crippen molar-refractivity contribution in [3.05, 3.63) is 35.7 Å². The van der Waals surface area contributed by atoms with E-state index in [1.807, 2.05) is 40.6 Å². The Hall–Kier alpha value is -1.88. The lowest BCUT2D eigenvalue weighted by atomic mass is 10.00. The van der Waals surface area contributed by atoms with Crippen LogP contribution in [0.25, 0.3) is 11.3 Å². The molecule has 2 heterocycles. The molecule has 1 N–H and O–H groups in total. The maximum Gasteiger partial charge on any atom is 0.329 e. The summed E-state index contributed by atoms with van der Waals surface area (Å²) < 4.78 is 0. The first kappa shape index (κ1) is 13.1. The van der Waals surface area contributed by atoms with Gasteiger partial charge in [0, 0.05) is 17.5 Å². The summed E-state index contributed by atoms with van der Waals surface area (Å²) in [6, 6.07) is 9.95. The van der Waals surface area contributed by atoms with Crippen LogP contribution in [0.5, 0.6) is 0 Å². The number of thiazole rings is 1. The first-order valence-electron chi connectivity index (χ1n) is 6.63. The highest BCUT2D eigenvalue weighted by molar-refractivity contribution is 7.14. The van der Waals surface area contributed by atoms with Crippen molar-refractivity contribution in [2.75, 3.05) is 11.4 Å². The molecule has 0 spiro atoms. The molecule has 0 radical (unpaired) electrons. The summed E-state index contributed by atoms with van der Waals surface area (Å²) in [6.07, 6.45) is 1.56. The van der Waals surface area contributed by atoms with E-state index in [1.54, 1.807) is 6.92 Å². The van der Waals surface area contributed by atoms with Crippen molar-refractivity contribution in [1.82, 2.24) is 4.98 Å². The van der Waals surface area contributed by atoms with E-state index in [0.717, 1.165) is 29.4 Å². The Morgan fingerprint density at radius 2 is 2.15 bits per heavy atom. The van der Waals surface area contributed by atoms with Gasteiger partial charge >= 0.3 is 5.97 Å². The van der Waals surface area contributed by atoms with Crippen LogP contribution in [0.15, 0.2) is 35.7 Å². The van der Waals surface area contributed by atoms with E-state index in [9.17, 15) is 9.90 Å². The molecule has 5 heteroatoms. The van der Waals surface area contributed by atoms with Crippen molar-refractivity contribution in [1.29, 1.82) is 0 Å². The Balaban J connectivity index is 1.93. The second-order valence-corrected chi connectivity index (χ2v) is 6.05. The van der Waals surface area contributed by atoms with Gasteiger partial charge in [-0.15, -0.1) is 11.3 Å². The van der Waals surface area contributed by atoms with Gasteiger partial charge in [0.15, 0.2) is 5.13 Å². The summed E-state index contributed by atoms with van der Waals surface area (Å²) in [5.74, 6) is -0.772. The number of aromatic nitrogens is 1. The summed E-state index contributed by atoms with van der Waals surface area (Å²) >= 11 is 1.51. The van der Waals surface area contributed by atoms with Gasteiger partial charge in [-0.05, 0) is 19.8 Å². The number of benzene rings is 1. The Labute approximate surface area is 121 Å². The van der Waals surface area contributed by atoms with Gasteiger partial charge in [-0.2, -0.15) is 0 Å². The zero-order valence-corrected chi connectivity index (χ0v) is 12.1. The van der Waals surface area contributed by atoms with Crippen molar-refractivity contribution in [2.45, 2.75) is 25.3 Å². The first-order valence-corrected chi connectivity index (χ1v) is 7.51. The third-order valence-corrected chi connectivity index (χ3v) is 4.76. The monoisotopic (exact) mass is 288 g/mol. The van der Waals surface area contributed by atoms with E-state index < -0.39 is 11.5 Å². The molecule has 20 heavy (non-hydrogen) atoms. The third kappa shape index (κ3) is 2.08. The van der Waals surface area contributed by atoms with E-state index in [1.165, 1.54) is 11.3 Å². The van der Waals surface area contributed by atoms with Crippen molar-refractivity contribution < 1.29 is 9.90 Å². The standard InChI is InChI=1S/C15H16N2O2S/c1-15(13(18)19)8-5-9-17(15)14-16-12(10-20-14)11-6-3-2-4-7-11/h2-4,6-7,10H,5,8-9H2,1H3,(H,18,19). The van der Waals surface area contributed by atoms with Gasteiger partial charge in [0.05, 0.1) is 5.69 Å². The SMILES string of the molecule is CC1(C(=O)O)CCCN1c1nc(-c2ccccc2)cs1. The van der Waals surface area contributed by atoms with Crippen molar-refractivity contribution in [2.24, 2.45) is 0 Å². The van der Waals surface area contributed by atoms with Crippen molar-refractivity contribution >= 4 is 22.4 Å². The number of carboxylic acid groups (broad SMARTS) is 1. The number of rotatable bonds is 3. The smallest absolute Gasteiger partial charge is 0.329 e. The number of carboxylic acids is 1. The molecule has 1 fully saturated rings. The highest BCUT2D eigenvalue weighted by atomic mass is 32.1. The van der Waals surface area contributed by atoms with Crippen LogP contribution in [-0.2, 0) is 4.79 Å². The molecule has 104 valence electrons. The summed E-state index contributed by atoms with van der Waals surface area (Å²) in [6.45, 7) is 2.54. The fourth-order valence-corrected chi connectivity index (χ4v) is 3.60. The zero-order valence-electron chi connectivity index (χ0n) is 11.2. The lowest BCUT2D eigenvalue weighted by Crippen LogP contribution is -2.48. The molecule has 4 nitrogen and oxygen atoms in total. The molecular formula is C15H16N2O2S. The van der Waals surface area contributed by atoms with Crippen LogP contribution in [0.4, 0.5) is 5.13 Å². The second kappa shape index (κ2) is 4.90. The quantitative estimate of drug-likeness (QED) is 0.942. The maximum absolute atomic E-state index is 11.5. The van der Waals surface area contributed by atoms with Crippen LogP contribution in [0.2, 0.25) is 0 Å². The molecule has 1 aromatic heterocycles. The van der Waals surface area contributed by atoms with E-state index in [2.05, 4.69) is 4.98 Å². The molecule has 1 saturated heterocycles. The molecule has 1 aromatic carbocycles. The fourth-order valence-electron chi connectivity index (χ4n) is 2.62. The first-order chi connectivity index (χ1) is 9.61. The minimum Gasteiger partial charge on any atom is -0.480 e. The highest BCUT2D eigenvalue weighted by Crippen LogP contribution is 2.37. The van der Waals surface area contributed by atoms with Gasteiger partial charge in [0.1, 0.15) is 5.54 Å². The van der Waals surface area contributed by atoms with E-state index in [0.29, 0.717) is 6.42 Å². The van der Waals surface area contributed by atoms with Gasteiger partial charge in [-0.1, -0.05) is 30.3 Å². The number of anilines is 1. The van der Waals surface area contributed by atoms with E-state index in [4.69, 9.17) is 0 Å². The topological polar surface area (TPSA) is 53.4 Å². The molecule has 0 amide bonds. The van der Waals surface area contributed by atoms with Crippen LogP contribution in [-0.4, -0.2) is 28.1 Å². The van der Waals surface area contributed by atoms with Crippen LogP contribution >= 0.6 is 11.3 Å². The fraction of sp³-hybridized carbons (Fsp3) is 0.333. The molecule has 0 saturated carbocycles. The molecular weight excluding hydrogens is 272 g/mol. The predicted octanol–water partition coefficient (Wildman–Crippen LogP) is 3.25. The number of hydrogen-bond donors (Lipinski definition) is 1. The Bertz CT molecular complexity index is 626. The van der Waals surface area contributed by atoms with Crippen LogP contribution in [0, 0.1) is 0 Å². The van der Waals surface area contributed by atoms with Gasteiger partial charge < -0.3 is 10.0 Å². The summed E-state index contributed by atoms with van der Waals surface area (Å²) in [5.41, 5.74) is 1.14. The van der Waals surface area contributed by atoms with Crippen molar-refractivity contribution in [3.8, 4) is 11.3 Å². The van der Waals surface area contributed by atoms with Gasteiger partial charge in [0.2, 0.25) is 0 Å². The largest absolute Gasteiger partial charge is 0.480 e. The summed E-state index contributed by atoms with van der Waals surface area (Å²) in [7, 11) is 0. The molecule has 0 aliphatic carbocycles. The molecule has 2 aromatic rings. The third-order valence-electron chi connectivity index (χ3n) is 3.89. The Morgan fingerprint density at radius 1 is 1.40 bits per heavy atom. The zero-order chi connectivity index (χ0) is 14.2. The lowest BCUT2D eigenvalue weighted by Gasteiger charge is -2.30. The van der Waals surface area contributed by atoms with Gasteiger partial charge in [-0.3, -0.25) is 0 Å². The number of nitrogens with zero attached hydrogens (tertiary/aromatic N) is 2. The molecule has 0 bridgehead atoms. The summed E-state index contributed by atoms with van der Waals surface area (Å²) in [4.78, 5) is 18.1. The van der Waals surface area contributed by atoms with Gasteiger partial charge in [-0.25, -0.2) is 9.78 Å². The number of aliphatic carboxylic acids is 1. The van der Waals surface area contributed by atoms with E-state index in [-0.39, 0.29) is 0 Å². The Morgan fingerprint density at radius 3 is 2.85 bits per heavy atom. The second-order valence-electron chi connectivity index (χ2n) is 5.22. The molecule has 1 aliphatic heterocycles. The molecule has 1 unspecified atom stereocenters. The maximum atomic E-state index is 11.5. The van der Waals surface area contributed by atoms with Gasteiger partial charge in [0.25, 0.3) is 0 Å². The average Bonchev–Trinajstić information content (AvgIpc) is 3.06. The van der Waals surface area contributed by atoms with Crippen LogP contribution < -0.4 is 4.90 Å². The van der Waals surface area contributed by atoms with Crippen LogP contribution in [0.1, 0.15) is 19.8 Å². The number of hydrogen-bond acceptors (Lipinski definition) is 4. The van der Waals surface area contributed by atoms with Crippen molar-refractivity contribution in [3.63, 3.8) is 0 Å². The lowest BCUT2D eigenvalue weighted by molar-refractivity contribution is -0.142. The average molecular weight is 288 g/mol. The molecule has 1 atom stereocenters. The predicted molar refractivity (Wildman–Crippen MR) is 80.2 cm³/mol.